The molecule has 1 saturated heterocycles. The summed E-state index contributed by atoms with van der Waals surface area (Å²) in [5.41, 5.74) is 11.4. The molecule has 158 valence electrons. The van der Waals surface area contributed by atoms with Gasteiger partial charge in [0.25, 0.3) is 0 Å². The van der Waals surface area contributed by atoms with Crippen molar-refractivity contribution in [2.75, 3.05) is 30.0 Å². The van der Waals surface area contributed by atoms with Crippen LogP contribution in [0.5, 0.6) is 0 Å². The highest BCUT2D eigenvalue weighted by molar-refractivity contribution is 7.80. The van der Waals surface area contributed by atoms with E-state index in [-0.39, 0.29) is 30.6 Å². The highest BCUT2D eigenvalue weighted by Crippen LogP contribution is 2.26. The van der Waals surface area contributed by atoms with Crippen molar-refractivity contribution in [2.24, 2.45) is 5.73 Å². The summed E-state index contributed by atoms with van der Waals surface area (Å²) in [6, 6.07) is 12.8. The zero-order chi connectivity index (χ0) is 21.5. The number of carbonyl (C=O) groups is 2. The zero-order valence-corrected chi connectivity index (χ0v) is 16.6. The molecular weight excluding hydrogens is 413 g/mol. The quantitative estimate of drug-likeness (QED) is 0.162. The number of ether oxygens (including phenoxy) is 2. The van der Waals surface area contributed by atoms with Crippen LogP contribution in [0.4, 0.5) is 20.6 Å². The lowest BCUT2D eigenvalue weighted by molar-refractivity contribution is 0.0300. The molecular formula is C19H20FN5O4S. The number of esters is 1. The number of carbonyl (C=O) groups excluding carboxylic acids is 2. The second kappa shape index (κ2) is 9.85. The van der Waals surface area contributed by atoms with Gasteiger partial charge in [-0.25, -0.2) is 19.4 Å². The first-order valence-corrected chi connectivity index (χ1v) is 9.37. The lowest BCUT2D eigenvalue weighted by Crippen LogP contribution is -2.43. The molecule has 2 aromatic carbocycles. The number of anilines is 2. The van der Waals surface area contributed by atoms with Crippen molar-refractivity contribution in [2.45, 2.75) is 6.10 Å². The van der Waals surface area contributed by atoms with Crippen molar-refractivity contribution in [3.63, 3.8) is 0 Å². The Balaban J connectivity index is 1.53. The molecule has 0 unspecified atom stereocenters. The highest BCUT2D eigenvalue weighted by atomic mass is 32.1. The number of amides is 1. The topological polar surface area (TPSA) is 118 Å². The van der Waals surface area contributed by atoms with Gasteiger partial charge in [0.1, 0.15) is 12.4 Å². The number of benzene rings is 2. The van der Waals surface area contributed by atoms with E-state index in [0.29, 0.717) is 11.3 Å². The SMILES string of the molecule is NC(=S)NNCNc1ccc(N2C[C@H](COC(=O)c3ccccc3)OC2=O)cc1F. The molecule has 0 spiro atoms. The van der Waals surface area contributed by atoms with Gasteiger partial charge in [0.2, 0.25) is 0 Å². The number of nitrogens with two attached hydrogens (primary N) is 1. The van der Waals surface area contributed by atoms with E-state index in [1.165, 1.54) is 17.0 Å². The number of rotatable bonds is 8. The van der Waals surface area contributed by atoms with E-state index in [1.807, 2.05) is 0 Å². The largest absolute Gasteiger partial charge is 0.458 e. The first-order valence-electron chi connectivity index (χ1n) is 8.96. The minimum Gasteiger partial charge on any atom is -0.458 e. The molecule has 0 radical (unpaired) electrons. The summed E-state index contributed by atoms with van der Waals surface area (Å²) in [5, 5.41) is 2.86. The number of halogens is 1. The van der Waals surface area contributed by atoms with Crippen LogP contribution in [0.3, 0.4) is 0 Å². The number of thiocarbonyl (C=S) groups is 1. The van der Waals surface area contributed by atoms with Crippen LogP contribution in [-0.4, -0.2) is 43.1 Å². The van der Waals surface area contributed by atoms with Crippen LogP contribution >= 0.6 is 12.2 Å². The molecule has 0 bridgehead atoms. The fraction of sp³-hybridized carbons (Fsp3) is 0.211. The molecule has 0 aliphatic carbocycles. The van der Waals surface area contributed by atoms with Gasteiger partial charge in [-0.05, 0) is 42.5 Å². The van der Waals surface area contributed by atoms with Gasteiger partial charge in [-0.2, -0.15) is 0 Å². The number of hydrogen-bond acceptors (Lipinski definition) is 7. The molecule has 1 aliphatic rings. The molecule has 1 amide bonds. The Labute approximate surface area is 177 Å². The maximum absolute atomic E-state index is 14.3. The lowest BCUT2D eigenvalue weighted by Gasteiger charge is -2.15. The van der Waals surface area contributed by atoms with Crippen LogP contribution in [0.25, 0.3) is 0 Å². The van der Waals surface area contributed by atoms with Crippen molar-refractivity contribution in [1.82, 2.24) is 10.9 Å². The Hall–Kier alpha value is -3.44. The van der Waals surface area contributed by atoms with Gasteiger partial charge < -0.3 is 20.5 Å². The summed E-state index contributed by atoms with van der Waals surface area (Å²) in [6.45, 7) is 0.195. The zero-order valence-electron chi connectivity index (χ0n) is 15.8. The van der Waals surface area contributed by atoms with Gasteiger partial charge >= 0.3 is 12.1 Å². The van der Waals surface area contributed by atoms with E-state index < -0.39 is 24.0 Å². The minimum absolute atomic E-state index is 0.0594. The van der Waals surface area contributed by atoms with Crippen LogP contribution < -0.4 is 26.8 Å². The summed E-state index contributed by atoms with van der Waals surface area (Å²) >= 11 is 4.63. The van der Waals surface area contributed by atoms with E-state index >= 15 is 0 Å². The number of hydrogen-bond donors (Lipinski definition) is 4. The Morgan fingerprint density at radius 3 is 2.77 bits per heavy atom. The fourth-order valence-corrected chi connectivity index (χ4v) is 2.80. The summed E-state index contributed by atoms with van der Waals surface area (Å²) in [5.74, 6) is -1.07. The Morgan fingerprint density at radius 2 is 2.07 bits per heavy atom. The molecule has 11 heteroatoms. The van der Waals surface area contributed by atoms with Gasteiger partial charge in [-0.1, -0.05) is 18.2 Å². The molecule has 3 rings (SSSR count). The van der Waals surface area contributed by atoms with Crippen LogP contribution in [0.1, 0.15) is 10.4 Å². The predicted octanol–water partition coefficient (Wildman–Crippen LogP) is 1.72. The smallest absolute Gasteiger partial charge is 0.414 e. The van der Waals surface area contributed by atoms with E-state index in [0.717, 1.165) is 0 Å². The molecule has 1 heterocycles. The van der Waals surface area contributed by atoms with Crippen molar-refractivity contribution in [1.29, 1.82) is 0 Å². The molecule has 9 nitrogen and oxygen atoms in total. The summed E-state index contributed by atoms with van der Waals surface area (Å²) in [7, 11) is 0. The Bertz CT molecular complexity index is 930. The van der Waals surface area contributed by atoms with Crippen molar-refractivity contribution >= 4 is 40.8 Å². The molecule has 30 heavy (non-hydrogen) atoms. The van der Waals surface area contributed by atoms with Gasteiger partial charge in [0.05, 0.1) is 30.2 Å². The first-order chi connectivity index (χ1) is 14.4. The van der Waals surface area contributed by atoms with Crippen LogP contribution in [0, 0.1) is 5.82 Å². The molecule has 2 aromatic rings. The van der Waals surface area contributed by atoms with E-state index in [9.17, 15) is 14.0 Å². The fourth-order valence-electron chi connectivity index (χ4n) is 2.73. The second-order valence-corrected chi connectivity index (χ2v) is 6.70. The van der Waals surface area contributed by atoms with Crippen molar-refractivity contribution < 1.29 is 23.5 Å². The third-order valence-corrected chi connectivity index (χ3v) is 4.23. The summed E-state index contributed by atoms with van der Waals surface area (Å²) in [4.78, 5) is 25.4. The second-order valence-electron chi connectivity index (χ2n) is 6.26. The van der Waals surface area contributed by atoms with Gasteiger partial charge in [-0.15, -0.1) is 0 Å². The molecule has 0 saturated carbocycles. The monoisotopic (exact) mass is 433 g/mol. The van der Waals surface area contributed by atoms with Crippen molar-refractivity contribution in [3.05, 3.63) is 59.9 Å². The maximum atomic E-state index is 14.3. The molecule has 1 atom stereocenters. The molecule has 0 aromatic heterocycles. The maximum Gasteiger partial charge on any atom is 0.414 e. The molecule has 5 N–H and O–H groups in total. The number of nitrogens with one attached hydrogen (secondary N) is 3. The van der Waals surface area contributed by atoms with Crippen molar-refractivity contribution in [3.8, 4) is 0 Å². The average Bonchev–Trinajstić information content (AvgIpc) is 3.11. The van der Waals surface area contributed by atoms with Crippen LogP contribution in [0.15, 0.2) is 48.5 Å². The third-order valence-electron chi connectivity index (χ3n) is 4.13. The Morgan fingerprint density at radius 1 is 1.30 bits per heavy atom. The summed E-state index contributed by atoms with van der Waals surface area (Å²) < 4.78 is 24.8. The standard InChI is InChI=1S/C19H20FN5O4S/c20-15-8-13(6-7-16(15)22-11-23-24-18(21)30)25-9-14(29-19(25)27)10-28-17(26)12-4-2-1-3-5-12/h1-8,14,22-23H,9-11H2,(H3,21,24,30)/t14-/m1/s1. The van der Waals surface area contributed by atoms with E-state index in [4.69, 9.17) is 15.2 Å². The molecule has 1 aliphatic heterocycles. The number of cyclic esters (lactones) is 1. The number of nitrogens with zero attached hydrogens (tertiary/aromatic N) is 1. The lowest BCUT2D eigenvalue weighted by atomic mass is 10.2. The Kier molecular flexibility index (Phi) is 6.99. The van der Waals surface area contributed by atoms with Crippen LogP contribution in [0.2, 0.25) is 0 Å². The molecule has 1 fully saturated rings. The van der Waals surface area contributed by atoms with Gasteiger partial charge in [0, 0.05) is 0 Å². The van der Waals surface area contributed by atoms with Crippen LogP contribution in [-0.2, 0) is 9.47 Å². The normalized spacial score (nSPS) is 15.4. The first kappa shape index (κ1) is 21.3. The highest BCUT2D eigenvalue weighted by Gasteiger charge is 2.33. The van der Waals surface area contributed by atoms with Gasteiger partial charge in [0.15, 0.2) is 11.2 Å². The average molecular weight is 433 g/mol. The summed E-state index contributed by atoms with van der Waals surface area (Å²) in [6.07, 6.45) is -1.29. The predicted molar refractivity (Wildman–Crippen MR) is 112 cm³/mol. The minimum atomic E-state index is -0.651. The van der Waals surface area contributed by atoms with Gasteiger partial charge in [-0.3, -0.25) is 10.3 Å². The number of hydrazine groups is 1. The van der Waals surface area contributed by atoms with E-state index in [2.05, 4.69) is 28.4 Å². The van der Waals surface area contributed by atoms with E-state index in [1.54, 1.807) is 36.4 Å². The third kappa shape index (κ3) is 5.55.